The number of thiophene rings is 1. The van der Waals surface area contributed by atoms with Crippen molar-refractivity contribution in [1.82, 2.24) is 4.98 Å². The first-order valence-electron chi connectivity index (χ1n) is 8.80. The smallest absolute Gasteiger partial charge is 0.275 e. The van der Waals surface area contributed by atoms with E-state index in [9.17, 15) is 9.18 Å². The van der Waals surface area contributed by atoms with Gasteiger partial charge in [-0.1, -0.05) is 6.07 Å². The maximum atomic E-state index is 14.2. The number of nitrogens with two attached hydrogens (primary N) is 1. The Balaban J connectivity index is 1.58. The number of anilines is 2. The van der Waals surface area contributed by atoms with Crippen LogP contribution in [-0.4, -0.2) is 30.5 Å². The molecular weight excluding hydrogens is 463 g/mol. The van der Waals surface area contributed by atoms with Crippen molar-refractivity contribution in [3.05, 3.63) is 51.0 Å². The molecule has 4 rings (SSSR count). The molecular formula is C19H18BrFN4OS2. The molecule has 1 saturated heterocycles. The largest absolute Gasteiger partial charge is 0.369 e. The summed E-state index contributed by atoms with van der Waals surface area (Å²) in [5.41, 5.74) is 7.34. The Morgan fingerprint density at radius 1 is 1.43 bits per heavy atom. The third kappa shape index (κ3) is 3.98. The fourth-order valence-corrected chi connectivity index (χ4v) is 5.17. The number of carbonyl (C=O) groups is 1. The maximum absolute atomic E-state index is 14.2. The fourth-order valence-electron chi connectivity index (χ4n) is 3.22. The second-order valence-electron chi connectivity index (χ2n) is 6.59. The van der Waals surface area contributed by atoms with Gasteiger partial charge in [0.1, 0.15) is 16.5 Å². The zero-order valence-electron chi connectivity index (χ0n) is 14.8. The second-order valence-corrected chi connectivity index (χ2v) is 9.25. The van der Waals surface area contributed by atoms with Crippen LogP contribution in [0.15, 0.2) is 39.5 Å². The van der Waals surface area contributed by atoms with Gasteiger partial charge in [0.25, 0.3) is 5.91 Å². The number of nitrogens with one attached hydrogen (secondary N) is 1. The molecule has 0 radical (unpaired) electrons. The average molecular weight is 481 g/mol. The van der Waals surface area contributed by atoms with Gasteiger partial charge >= 0.3 is 0 Å². The van der Waals surface area contributed by atoms with Crippen LogP contribution in [0.1, 0.15) is 16.9 Å². The number of amides is 1. The zero-order valence-corrected chi connectivity index (χ0v) is 18.0. The van der Waals surface area contributed by atoms with Gasteiger partial charge in [0.05, 0.1) is 20.7 Å². The van der Waals surface area contributed by atoms with E-state index < -0.39 is 5.82 Å². The third-order valence-electron chi connectivity index (χ3n) is 4.72. The number of benzene rings is 1. The van der Waals surface area contributed by atoms with E-state index in [4.69, 9.17) is 5.73 Å². The van der Waals surface area contributed by atoms with Gasteiger partial charge in [0, 0.05) is 24.5 Å². The second kappa shape index (κ2) is 8.28. The number of halogens is 2. The van der Waals surface area contributed by atoms with Crippen LogP contribution in [0.25, 0.3) is 9.88 Å². The van der Waals surface area contributed by atoms with Crippen LogP contribution < -0.4 is 16.0 Å². The summed E-state index contributed by atoms with van der Waals surface area (Å²) in [6.07, 6.45) is 0.981. The first-order valence-corrected chi connectivity index (χ1v) is 11.3. The molecule has 0 aliphatic carbocycles. The summed E-state index contributed by atoms with van der Waals surface area (Å²) in [5.74, 6) is -0.373. The molecule has 1 aliphatic rings. The number of thiazole rings is 1. The summed E-state index contributed by atoms with van der Waals surface area (Å²) in [7, 11) is 0. The lowest BCUT2D eigenvalue weighted by Gasteiger charge is -2.23. The minimum atomic E-state index is -0.425. The van der Waals surface area contributed by atoms with Crippen molar-refractivity contribution in [2.45, 2.75) is 6.42 Å². The third-order valence-corrected chi connectivity index (χ3v) is 7.20. The van der Waals surface area contributed by atoms with E-state index in [0.29, 0.717) is 28.3 Å². The Morgan fingerprint density at radius 3 is 3.00 bits per heavy atom. The first kappa shape index (κ1) is 19.5. The van der Waals surface area contributed by atoms with Crippen LogP contribution >= 0.6 is 38.6 Å². The van der Waals surface area contributed by atoms with Crippen LogP contribution in [-0.2, 0) is 0 Å². The fraction of sp³-hybridized carbons (Fsp3) is 0.263. The molecule has 1 fully saturated rings. The van der Waals surface area contributed by atoms with Crippen molar-refractivity contribution in [1.29, 1.82) is 0 Å². The van der Waals surface area contributed by atoms with Crippen LogP contribution in [0.3, 0.4) is 0 Å². The van der Waals surface area contributed by atoms with E-state index in [1.807, 2.05) is 17.5 Å². The summed E-state index contributed by atoms with van der Waals surface area (Å²) in [5, 5.41) is 7.33. The first-order chi connectivity index (χ1) is 13.5. The molecule has 2 aromatic heterocycles. The number of carbonyl (C=O) groups excluding carboxylic acids is 1. The van der Waals surface area contributed by atoms with Crippen LogP contribution in [0.5, 0.6) is 0 Å². The van der Waals surface area contributed by atoms with Gasteiger partial charge in [-0.05, 0) is 52.3 Å². The minimum Gasteiger partial charge on any atom is -0.369 e. The quantitative estimate of drug-likeness (QED) is 0.549. The lowest BCUT2D eigenvalue weighted by atomic mass is 10.1. The predicted octanol–water partition coefficient (Wildman–Crippen LogP) is 4.81. The maximum Gasteiger partial charge on any atom is 0.275 e. The molecule has 1 atom stereocenters. The molecule has 0 bridgehead atoms. The molecule has 1 aliphatic heterocycles. The van der Waals surface area contributed by atoms with Crippen molar-refractivity contribution in [2.75, 3.05) is 29.9 Å². The highest BCUT2D eigenvalue weighted by atomic mass is 79.9. The van der Waals surface area contributed by atoms with Crippen molar-refractivity contribution < 1.29 is 9.18 Å². The Hall–Kier alpha value is -1.81. The van der Waals surface area contributed by atoms with Gasteiger partial charge in [-0.2, -0.15) is 0 Å². The monoisotopic (exact) mass is 480 g/mol. The van der Waals surface area contributed by atoms with E-state index >= 15 is 0 Å². The molecule has 3 N–H and O–H groups in total. The number of rotatable bonds is 5. The normalized spacial score (nSPS) is 16.5. The van der Waals surface area contributed by atoms with Crippen LogP contribution in [0.2, 0.25) is 0 Å². The molecule has 0 spiro atoms. The summed E-state index contributed by atoms with van der Waals surface area (Å²) >= 11 is 6.24. The molecule has 1 aromatic carbocycles. The zero-order chi connectivity index (χ0) is 19.7. The van der Waals surface area contributed by atoms with Crippen LogP contribution in [0, 0.1) is 11.7 Å². The molecule has 28 heavy (non-hydrogen) atoms. The van der Waals surface area contributed by atoms with Crippen molar-refractivity contribution in [3.8, 4) is 9.88 Å². The lowest BCUT2D eigenvalue weighted by Crippen LogP contribution is -2.24. The highest BCUT2D eigenvalue weighted by molar-refractivity contribution is 9.10. The van der Waals surface area contributed by atoms with E-state index in [1.54, 1.807) is 22.8 Å². The lowest BCUT2D eigenvalue weighted by molar-refractivity contribution is 0.102. The Bertz CT molecular complexity index is 992. The van der Waals surface area contributed by atoms with Crippen LogP contribution in [0.4, 0.5) is 15.8 Å². The number of nitrogens with zero attached hydrogens (tertiary/aromatic N) is 2. The Labute approximate surface area is 178 Å². The van der Waals surface area contributed by atoms with E-state index in [2.05, 4.69) is 31.1 Å². The molecule has 0 saturated carbocycles. The van der Waals surface area contributed by atoms with Crippen molar-refractivity contribution >= 4 is 55.9 Å². The average Bonchev–Trinajstić information content (AvgIpc) is 3.44. The van der Waals surface area contributed by atoms with Crippen molar-refractivity contribution in [2.24, 2.45) is 11.7 Å². The molecule has 5 nitrogen and oxygen atoms in total. The summed E-state index contributed by atoms with van der Waals surface area (Å²) < 4.78 is 14.5. The Kier molecular flexibility index (Phi) is 5.77. The molecule has 3 heterocycles. The highest BCUT2D eigenvalue weighted by Crippen LogP contribution is 2.35. The number of hydrogen-bond donors (Lipinski definition) is 2. The topological polar surface area (TPSA) is 71.2 Å². The van der Waals surface area contributed by atoms with Crippen molar-refractivity contribution in [3.63, 3.8) is 0 Å². The summed E-state index contributed by atoms with van der Waals surface area (Å²) in [6, 6.07) is 6.97. The number of aromatic nitrogens is 1. The van der Waals surface area contributed by atoms with E-state index in [-0.39, 0.29) is 5.91 Å². The summed E-state index contributed by atoms with van der Waals surface area (Å²) in [6.45, 7) is 2.23. The molecule has 146 valence electrons. The molecule has 1 amide bonds. The minimum absolute atomic E-state index is 0.323. The SMILES string of the molecule is NCC1CCN(c2cc(Br)c(F)cc2NC(=O)c2csc(-c3cccs3)n2)C1. The van der Waals surface area contributed by atoms with E-state index in [0.717, 1.165) is 35.1 Å². The predicted molar refractivity (Wildman–Crippen MR) is 117 cm³/mol. The van der Waals surface area contributed by atoms with Gasteiger partial charge in [0.15, 0.2) is 0 Å². The molecule has 1 unspecified atom stereocenters. The van der Waals surface area contributed by atoms with E-state index in [1.165, 1.54) is 17.4 Å². The molecule has 3 aromatic rings. The molecule has 9 heteroatoms. The number of hydrogen-bond acceptors (Lipinski definition) is 6. The van der Waals surface area contributed by atoms with Gasteiger partial charge in [-0.25, -0.2) is 9.37 Å². The van der Waals surface area contributed by atoms with Gasteiger partial charge < -0.3 is 16.0 Å². The Morgan fingerprint density at radius 2 is 2.29 bits per heavy atom. The highest BCUT2D eigenvalue weighted by Gasteiger charge is 2.25. The van der Waals surface area contributed by atoms with Gasteiger partial charge in [-0.15, -0.1) is 22.7 Å². The van der Waals surface area contributed by atoms with Gasteiger partial charge in [-0.3, -0.25) is 4.79 Å². The van der Waals surface area contributed by atoms with Gasteiger partial charge in [0.2, 0.25) is 0 Å². The summed E-state index contributed by atoms with van der Waals surface area (Å²) in [4.78, 5) is 20.3. The standard InChI is InChI=1S/C19H18BrFN4OS2/c20-12-6-16(25-4-3-11(8-22)9-25)14(7-13(12)21)23-18(26)15-10-28-19(24-15)17-2-1-5-27-17/h1-2,5-7,10-11H,3-4,8-9,22H2,(H,23,26).